The fraction of sp³-hybridized carbons (Fsp3) is 0.158. The lowest BCUT2D eigenvalue weighted by molar-refractivity contribution is -0.117. The first-order chi connectivity index (χ1) is 13.2. The minimum atomic E-state index is -3.91. The van der Waals surface area contributed by atoms with E-state index >= 15 is 0 Å². The van der Waals surface area contributed by atoms with Gasteiger partial charge in [-0.2, -0.15) is 0 Å². The third-order valence-corrected chi connectivity index (χ3v) is 4.99. The molecule has 8 nitrogen and oxygen atoms in total. The summed E-state index contributed by atoms with van der Waals surface area (Å²) in [5, 5.41) is 2.62. The smallest absolute Gasteiger partial charge is 0.264 e. The molecule has 2 N–H and O–H groups in total. The molecule has 2 aromatic rings. The van der Waals surface area contributed by atoms with Crippen LogP contribution in [0.15, 0.2) is 53.4 Å². The molecule has 0 aliphatic heterocycles. The van der Waals surface area contributed by atoms with Gasteiger partial charge >= 0.3 is 0 Å². The van der Waals surface area contributed by atoms with E-state index in [1.54, 1.807) is 24.3 Å². The van der Waals surface area contributed by atoms with Gasteiger partial charge in [-0.25, -0.2) is 13.1 Å². The number of methoxy groups -OCH3 is 2. The highest BCUT2D eigenvalue weighted by atomic mass is 32.2. The van der Waals surface area contributed by atoms with E-state index in [1.165, 1.54) is 44.6 Å². The lowest BCUT2D eigenvalue weighted by Crippen LogP contribution is -2.28. The number of rotatable bonds is 7. The maximum atomic E-state index is 12.1. The topological polar surface area (TPSA) is 111 Å². The standard InChI is InChI=1S/C19H20N2O6S/c1-13(22)21-28(24,25)16-8-6-15(7-9-16)20-19(23)11-5-14-4-10-17(26-2)18(12-14)27-3/h4-12H,1-3H3,(H,20,23)(H,21,22)/b11-5+. The summed E-state index contributed by atoms with van der Waals surface area (Å²) in [4.78, 5) is 22.9. The van der Waals surface area contributed by atoms with Crippen molar-refractivity contribution in [1.82, 2.24) is 4.72 Å². The van der Waals surface area contributed by atoms with E-state index in [4.69, 9.17) is 9.47 Å². The van der Waals surface area contributed by atoms with Crippen molar-refractivity contribution in [1.29, 1.82) is 0 Å². The number of carbonyl (C=O) groups is 2. The van der Waals surface area contributed by atoms with E-state index in [1.807, 2.05) is 4.72 Å². The van der Waals surface area contributed by atoms with E-state index in [9.17, 15) is 18.0 Å². The largest absolute Gasteiger partial charge is 0.493 e. The fourth-order valence-electron chi connectivity index (χ4n) is 2.28. The van der Waals surface area contributed by atoms with Crippen molar-refractivity contribution >= 4 is 33.6 Å². The number of carbonyl (C=O) groups excluding carboxylic acids is 2. The Morgan fingerprint density at radius 3 is 2.18 bits per heavy atom. The van der Waals surface area contributed by atoms with E-state index < -0.39 is 21.8 Å². The van der Waals surface area contributed by atoms with E-state index in [2.05, 4.69) is 5.32 Å². The van der Waals surface area contributed by atoms with Crippen LogP contribution in [0.1, 0.15) is 12.5 Å². The van der Waals surface area contributed by atoms with Crippen LogP contribution >= 0.6 is 0 Å². The first-order valence-electron chi connectivity index (χ1n) is 8.09. The van der Waals surface area contributed by atoms with Gasteiger partial charge in [0.15, 0.2) is 11.5 Å². The Bertz CT molecular complexity index is 998. The summed E-state index contributed by atoms with van der Waals surface area (Å²) in [5.41, 5.74) is 1.15. The lowest BCUT2D eigenvalue weighted by Gasteiger charge is -2.08. The maximum Gasteiger partial charge on any atom is 0.264 e. The number of amides is 2. The van der Waals surface area contributed by atoms with Gasteiger partial charge in [0.25, 0.3) is 10.0 Å². The van der Waals surface area contributed by atoms with Gasteiger partial charge < -0.3 is 14.8 Å². The molecular weight excluding hydrogens is 384 g/mol. The van der Waals surface area contributed by atoms with Crippen LogP contribution < -0.4 is 19.5 Å². The zero-order valence-electron chi connectivity index (χ0n) is 15.6. The Hall–Kier alpha value is -3.33. The minimum absolute atomic E-state index is 0.0819. The summed E-state index contributed by atoms with van der Waals surface area (Å²) in [6.07, 6.45) is 2.94. The molecule has 0 radical (unpaired) electrons. The normalized spacial score (nSPS) is 11.1. The molecule has 0 aliphatic rings. The Morgan fingerprint density at radius 2 is 1.61 bits per heavy atom. The number of sulfonamides is 1. The van der Waals surface area contributed by atoms with Crippen molar-refractivity contribution in [2.24, 2.45) is 0 Å². The number of nitrogens with one attached hydrogen (secondary N) is 2. The van der Waals surface area contributed by atoms with Gasteiger partial charge in [-0.1, -0.05) is 6.07 Å². The molecule has 0 aliphatic carbocycles. The third kappa shape index (κ3) is 5.58. The van der Waals surface area contributed by atoms with Crippen LogP contribution in [0.5, 0.6) is 11.5 Å². The van der Waals surface area contributed by atoms with Crippen LogP contribution in [-0.2, 0) is 19.6 Å². The zero-order chi connectivity index (χ0) is 20.7. The van der Waals surface area contributed by atoms with E-state index in [0.717, 1.165) is 12.5 Å². The van der Waals surface area contributed by atoms with Gasteiger partial charge in [-0.3, -0.25) is 9.59 Å². The van der Waals surface area contributed by atoms with Crippen molar-refractivity contribution < 1.29 is 27.5 Å². The van der Waals surface area contributed by atoms with Gasteiger partial charge in [-0.15, -0.1) is 0 Å². The van der Waals surface area contributed by atoms with Crippen LogP contribution in [0.4, 0.5) is 5.69 Å². The summed E-state index contributed by atoms with van der Waals surface area (Å²) in [6.45, 7) is 1.11. The second-order valence-corrected chi connectivity index (χ2v) is 7.31. The molecule has 28 heavy (non-hydrogen) atoms. The van der Waals surface area contributed by atoms with Gasteiger partial charge in [0.1, 0.15) is 0 Å². The van der Waals surface area contributed by atoms with Gasteiger partial charge in [0.05, 0.1) is 19.1 Å². The molecule has 0 unspecified atom stereocenters. The molecule has 2 amide bonds. The number of hydrogen-bond donors (Lipinski definition) is 2. The van der Waals surface area contributed by atoms with Crippen LogP contribution in [0.2, 0.25) is 0 Å². The molecule has 0 fully saturated rings. The molecule has 148 valence electrons. The van der Waals surface area contributed by atoms with Crippen molar-refractivity contribution in [3.05, 3.63) is 54.1 Å². The second-order valence-electron chi connectivity index (χ2n) is 5.62. The number of benzene rings is 2. The molecule has 2 aromatic carbocycles. The SMILES string of the molecule is COc1ccc(/C=C/C(=O)Nc2ccc(S(=O)(=O)NC(C)=O)cc2)cc1OC. The third-order valence-electron chi connectivity index (χ3n) is 3.55. The van der Waals surface area contributed by atoms with Crippen LogP contribution in [0.3, 0.4) is 0 Å². The maximum absolute atomic E-state index is 12.1. The van der Waals surface area contributed by atoms with Gasteiger partial charge in [0, 0.05) is 18.7 Å². The highest BCUT2D eigenvalue weighted by Crippen LogP contribution is 2.28. The summed E-state index contributed by atoms with van der Waals surface area (Å²) in [7, 11) is -0.855. The molecule has 9 heteroatoms. The van der Waals surface area contributed by atoms with Crippen LogP contribution in [-0.4, -0.2) is 34.5 Å². The Balaban J connectivity index is 2.05. The second kappa shape index (κ2) is 9.05. The quantitative estimate of drug-likeness (QED) is 0.685. The highest BCUT2D eigenvalue weighted by molar-refractivity contribution is 7.90. The number of anilines is 1. The Kier molecular flexibility index (Phi) is 6.78. The molecule has 0 saturated carbocycles. The lowest BCUT2D eigenvalue weighted by atomic mass is 10.2. The van der Waals surface area contributed by atoms with E-state index in [-0.39, 0.29) is 4.90 Å². The van der Waals surface area contributed by atoms with Gasteiger partial charge in [-0.05, 0) is 48.0 Å². The molecule has 0 bridgehead atoms. The molecular formula is C19H20N2O6S. The minimum Gasteiger partial charge on any atom is -0.493 e. The van der Waals surface area contributed by atoms with E-state index in [0.29, 0.717) is 17.2 Å². The van der Waals surface area contributed by atoms with Crippen molar-refractivity contribution in [3.8, 4) is 11.5 Å². The first-order valence-corrected chi connectivity index (χ1v) is 9.58. The predicted octanol–water partition coefficient (Wildman–Crippen LogP) is 2.18. The van der Waals surface area contributed by atoms with Crippen LogP contribution in [0.25, 0.3) is 6.08 Å². The van der Waals surface area contributed by atoms with Crippen molar-refractivity contribution in [2.45, 2.75) is 11.8 Å². The molecule has 0 aromatic heterocycles. The van der Waals surface area contributed by atoms with Crippen molar-refractivity contribution in [2.75, 3.05) is 19.5 Å². The van der Waals surface area contributed by atoms with Crippen molar-refractivity contribution in [3.63, 3.8) is 0 Å². The zero-order valence-corrected chi connectivity index (χ0v) is 16.4. The monoisotopic (exact) mass is 404 g/mol. The average molecular weight is 404 g/mol. The molecule has 0 spiro atoms. The average Bonchev–Trinajstić information content (AvgIpc) is 2.65. The predicted molar refractivity (Wildman–Crippen MR) is 105 cm³/mol. The summed E-state index contributed by atoms with van der Waals surface area (Å²) < 4.78 is 36.0. The summed E-state index contributed by atoms with van der Waals surface area (Å²) in [6, 6.07) is 10.7. The molecule has 2 rings (SSSR count). The Labute approximate surface area is 163 Å². The highest BCUT2D eigenvalue weighted by Gasteiger charge is 2.15. The van der Waals surface area contributed by atoms with Crippen LogP contribution in [0, 0.1) is 0 Å². The fourth-order valence-corrected chi connectivity index (χ4v) is 3.27. The number of hydrogen-bond acceptors (Lipinski definition) is 6. The first kappa shape index (κ1) is 21.0. The van der Waals surface area contributed by atoms with Gasteiger partial charge in [0.2, 0.25) is 11.8 Å². The molecule has 0 atom stereocenters. The molecule has 0 saturated heterocycles. The summed E-state index contributed by atoms with van der Waals surface area (Å²) in [5.74, 6) is 0.0457. The number of ether oxygens (including phenoxy) is 2. The summed E-state index contributed by atoms with van der Waals surface area (Å²) >= 11 is 0. The molecule has 0 heterocycles. The Morgan fingerprint density at radius 1 is 0.964 bits per heavy atom.